The Labute approximate surface area is 113 Å². The van der Waals surface area contributed by atoms with Gasteiger partial charge in [0.1, 0.15) is 5.82 Å². The average Bonchev–Trinajstić information content (AvgIpc) is 3.03. The van der Waals surface area contributed by atoms with Crippen molar-refractivity contribution in [2.24, 2.45) is 11.3 Å². The summed E-state index contributed by atoms with van der Waals surface area (Å²) in [5.41, 5.74) is 1.46. The molecule has 0 amide bonds. The number of anilines is 2. The smallest absolute Gasteiger partial charge is 0.224 e. The third-order valence-electron chi connectivity index (χ3n) is 4.06. The normalized spacial score (nSPS) is 20.3. The molecule has 1 fully saturated rings. The van der Waals surface area contributed by atoms with Crippen LogP contribution in [-0.4, -0.2) is 23.6 Å². The number of hydrogen-bond acceptors (Lipinski definition) is 4. The van der Waals surface area contributed by atoms with E-state index in [2.05, 4.69) is 40.5 Å². The first kappa shape index (κ1) is 12.2. The van der Waals surface area contributed by atoms with E-state index >= 15 is 0 Å². The molecule has 0 aliphatic heterocycles. The second kappa shape index (κ2) is 4.37. The van der Waals surface area contributed by atoms with Crippen molar-refractivity contribution < 1.29 is 0 Å². The van der Waals surface area contributed by atoms with Crippen LogP contribution in [0.5, 0.6) is 0 Å². The number of hydrogen-bond donors (Lipinski definition) is 2. The Morgan fingerprint density at radius 3 is 2.68 bits per heavy atom. The van der Waals surface area contributed by atoms with Gasteiger partial charge in [0.2, 0.25) is 5.95 Å². The molecule has 0 radical (unpaired) electrons. The number of fused-ring (bicyclic) bond motifs is 1. The second-order valence-electron chi connectivity index (χ2n) is 5.93. The van der Waals surface area contributed by atoms with Crippen LogP contribution >= 0.6 is 0 Å². The molecule has 4 heteroatoms. The fourth-order valence-corrected chi connectivity index (χ4v) is 2.47. The molecule has 0 bridgehead atoms. The van der Waals surface area contributed by atoms with Crippen LogP contribution < -0.4 is 10.6 Å². The molecule has 1 aromatic carbocycles. The first-order chi connectivity index (χ1) is 9.10. The molecule has 4 nitrogen and oxygen atoms in total. The summed E-state index contributed by atoms with van der Waals surface area (Å²) in [4.78, 5) is 9.00. The number of aromatic nitrogens is 2. The predicted molar refractivity (Wildman–Crippen MR) is 79.5 cm³/mol. The van der Waals surface area contributed by atoms with Crippen LogP contribution in [0.1, 0.15) is 20.3 Å². The highest BCUT2D eigenvalue weighted by Crippen LogP contribution is 2.51. The molecule has 1 saturated carbocycles. The third-order valence-corrected chi connectivity index (χ3v) is 4.06. The molecule has 2 aromatic rings. The summed E-state index contributed by atoms with van der Waals surface area (Å²) in [7, 11) is 1.85. The zero-order valence-electron chi connectivity index (χ0n) is 11.7. The maximum absolute atomic E-state index is 4.53. The minimum absolute atomic E-state index is 0.488. The van der Waals surface area contributed by atoms with Crippen molar-refractivity contribution in [2.45, 2.75) is 20.3 Å². The van der Waals surface area contributed by atoms with Crippen molar-refractivity contribution in [2.75, 3.05) is 24.2 Å². The molecule has 3 rings (SSSR count). The minimum Gasteiger partial charge on any atom is -0.369 e. The van der Waals surface area contributed by atoms with E-state index in [9.17, 15) is 0 Å². The standard InChI is InChI=1S/C15H20N4/c1-15(2)8-10(15)9-17-13-11-6-4-5-7-12(11)18-14(16-3)19-13/h4-7,10H,8-9H2,1-3H3,(H2,16,17,18,19). The van der Waals surface area contributed by atoms with Gasteiger partial charge in [-0.2, -0.15) is 4.98 Å². The fraction of sp³-hybridized carbons (Fsp3) is 0.467. The zero-order chi connectivity index (χ0) is 13.5. The Balaban J connectivity index is 1.88. The molecule has 19 heavy (non-hydrogen) atoms. The maximum Gasteiger partial charge on any atom is 0.224 e. The molecule has 100 valence electrons. The maximum atomic E-state index is 4.53. The van der Waals surface area contributed by atoms with Gasteiger partial charge < -0.3 is 10.6 Å². The predicted octanol–water partition coefficient (Wildman–Crippen LogP) is 3.13. The lowest BCUT2D eigenvalue weighted by Crippen LogP contribution is -2.10. The quantitative estimate of drug-likeness (QED) is 0.882. The SMILES string of the molecule is CNc1nc(NCC2CC2(C)C)c2ccccc2n1. The van der Waals surface area contributed by atoms with E-state index in [1.165, 1.54) is 6.42 Å². The lowest BCUT2D eigenvalue weighted by Gasteiger charge is -2.11. The molecular formula is C15H20N4. The van der Waals surface area contributed by atoms with Crippen LogP contribution in [0.2, 0.25) is 0 Å². The van der Waals surface area contributed by atoms with E-state index in [0.29, 0.717) is 11.4 Å². The number of para-hydroxylation sites is 1. The van der Waals surface area contributed by atoms with Crippen molar-refractivity contribution in [1.82, 2.24) is 9.97 Å². The third kappa shape index (κ3) is 2.35. The molecule has 0 spiro atoms. The summed E-state index contributed by atoms with van der Waals surface area (Å²) in [6, 6.07) is 8.11. The number of benzene rings is 1. The summed E-state index contributed by atoms with van der Waals surface area (Å²) in [6.45, 7) is 5.62. The van der Waals surface area contributed by atoms with Crippen LogP contribution in [-0.2, 0) is 0 Å². The van der Waals surface area contributed by atoms with Gasteiger partial charge in [0.15, 0.2) is 0 Å². The molecule has 1 aromatic heterocycles. The molecule has 1 atom stereocenters. The first-order valence-electron chi connectivity index (χ1n) is 6.78. The summed E-state index contributed by atoms with van der Waals surface area (Å²) in [5.74, 6) is 2.34. The largest absolute Gasteiger partial charge is 0.369 e. The Kier molecular flexibility index (Phi) is 2.81. The van der Waals surface area contributed by atoms with E-state index in [4.69, 9.17) is 0 Å². The summed E-state index contributed by atoms with van der Waals surface area (Å²) in [5, 5.41) is 7.59. The van der Waals surface area contributed by atoms with Gasteiger partial charge in [-0.05, 0) is 29.9 Å². The van der Waals surface area contributed by atoms with Crippen molar-refractivity contribution in [3.8, 4) is 0 Å². The molecule has 2 N–H and O–H groups in total. The van der Waals surface area contributed by atoms with Crippen LogP contribution in [0.3, 0.4) is 0 Å². The first-order valence-corrected chi connectivity index (χ1v) is 6.78. The van der Waals surface area contributed by atoms with Crippen molar-refractivity contribution in [3.63, 3.8) is 0 Å². The molecule has 1 aliphatic rings. The molecule has 1 unspecified atom stereocenters. The van der Waals surface area contributed by atoms with Crippen LogP contribution in [0.4, 0.5) is 11.8 Å². The Morgan fingerprint density at radius 1 is 1.26 bits per heavy atom. The fourth-order valence-electron chi connectivity index (χ4n) is 2.47. The monoisotopic (exact) mass is 256 g/mol. The average molecular weight is 256 g/mol. The highest BCUT2D eigenvalue weighted by Gasteiger charge is 2.45. The minimum atomic E-state index is 0.488. The Bertz CT molecular complexity index is 606. The molecule has 1 heterocycles. The second-order valence-corrected chi connectivity index (χ2v) is 5.93. The van der Waals surface area contributed by atoms with Gasteiger partial charge in [-0.15, -0.1) is 0 Å². The van der Waals surface area contributed by atoms with E-state index in [0.717, 1.165) is 29.2 Å². The van der Waals surface area contributed by atoms with Gasteiger partial charge in [0, 0.05) is 19.0 Å². The summed E-state index contributed by atoms with van der Waals surface area (Å²) >= 11 is 0. The number of nitrogens with zero attached hydrogens (tertiary/aromatic N) is 2. The molecular weight excluding hydrogens is 236 g/mol. The van der Waals surface area contributed by atoms with Gasteiger partial charge >= 0.3 is 0 Å². The molecule has 0 saturated heterocycles. The molecule has 1 aliphatic carbocycles. The van der Waals surface area contributed by atoms with Gasteiger partial charge in [-0.3, -0.25) is 0 Å². The van der Waals surface area contributed by atoms with Crippen molar-refractivity contribution in [1.29, 1.82) is 0 Å². The van der Waals surface area contributed by atoms with Gasteiger partial charge in [0.25, 0.3) is 0 Å². The van der Waals surface area contributed by atoms with Gasteiger partial charge in [-0.25, -0.2) is 4.98 Å². The number of nitrogens with one attached hydrogen (secondary N) is 2. The lowest BCUT2D eigenvalue weighted by molar-refractivity contribution is 0.573. The summed E-state index contributed by atoms with van der Waals surface area (Å²) in [6.07, 6.45) is 1.29. The Morgan fingerprint density at radius 2 is 2.00 bits per heavy atom. The number of rotatable bonds is 4. The van der Waals surface area contributed by atoms with Crippen LogP contribution in [0.25, 0.3) is 10.9 Å². The van der Waals surface area contributed by atoms with Crippen LogP contribution in [0, 0.1) is 11.3 Å². The van der Waals surface area contributed by atoms with Gasteiger partial charge in [-0.1, -0.05) is 26.0 Å². The van der Waals surface area contributed by atoms with E-state index in [-0.39, 0.29) is 0 Å². The van der Waals surface area contributed by atoms with Crippen molar-refractivity contribution >= 4 is 22.7 Å². The van der Waals surface area contributed by atoms with Crippen molar-refractivity contribution in [3.05, 3.63) is 24.3 Å². The van der Waals surface area contributed by atoms with Gasteiger partial charge in [0.05, 0.1) is 5.52 Å². The van der Waals surface area contributed by atoms with E-state index in [1.807, 2.05) is 25.2 Å². The summed E-state index contributed by atoms with van der Waals surface area (Å²) < 4.78 is 0. The highest BCUT2D eigenvalue weighted by molar-refractivity contribution is 5.90. The van der Waals surface area contributed by atoms with Crippen LogP contribution in [0.15, 0.2) is 24.3 Å². The van der Waals surface area contributed by atoms with E-state index in [1.54, 1.807) is 0 Å². The zero-order valence-corrected chi connectivity index (χ0v) is 11.7. The Hall–Kier alpha value is -1.84. The topological polar surface area (TPSA) is 49.8 Å². The lowest BCUT2D eigenvalue weighted by atomic mass is 10.1. The van der Waals surface area contributed by atoms with E-state index < -0.39 is 0 Å². The highest BCUT2D eigenvalue weighted by atomic mass is 15.1.